The molecule has 1 unspecified atom stereocenters. The second-order valence-electron chi connectivity index (χ2n) is 6.66. The molecule has 0 saturated heterocycles. The first-order valence-electron chi connectivity index (χ1n) is 9.23. The van der Waals surface area contributed by atoms with E-state index in [4.69, 9.17) is 53.9 Å². The number of nitrogen functional groups attached to an aromatic ring is 2. The first-order chi connectivity index (χ1) is 15.3. The lowest BCUT2D eigenvalue weighted by atomic mass is 10.0. The molecule has 13 heteroatoms. The van der Waals surface area contributed by atoms with Crippen molar-refractivity contribution in [2.75, 3.05) is 38.1 Å². The predicted octanol–water partition coefficient (Wildman–Crippen LogP) is 4.11. The third-order valence-corrected chi connectivity index (χ3v) is 6.46. The van der Waals surface area contributed by atoms with E-state index >= 15 is 0 Å². The van der Waals surface area contributed by atoms with Gasteiger partial charge in [0.15, 0.2) is 27.6 Å². The Balaban J connectivity index is 1.91. The number of rotatable bonds is 5. The highest BCUT2D eigenvalue weighted by atomic mass is 35.5. The molecular formula is C19H19Cl2N7O3S. The maximum Gasteiger partial charge on any atom is 0.224 e. The third kappa shape index (κ3) is 4.06. The molecule has 4 rings (SSSR count). The quantitative estimate of drug-likeness (QED) is 0.476. The molecule has 3 aromatic rings. The largest absolute Gasteiger partial charge is 0.493 e. The molecular weight excluding hydrogens is 477 g/mol. The average molecular weight is 496 g/mol. The Morgan fingerprint density at radius 3 is 2.28 bits per heavy atom. The van der Waals surface area contributed by atoms with Crippen molar-refractivity contribution in [2.45, 2.75) is 12.5 Å². The van der Waals surface area contributed by atoms with Crippen LogP contribution < -0.4 is 31.0 Å². The first-order valence-corrected chi connectivity index (χ1v) is 10.8. The monoisotopic (exact) mass is 495 g/mol. The fourth-order valence-corrected chi connectivity index (χ4v) is 4.87. The number of nitrogens with two attached hydrogens (primary N) is 2. The highest BCUT2D eigenvalue weighted by Crippen LogP contribution is 2.44. The molecule has 1 aromatic carbocycles. The van der Waals surface area contributed by atoms with Crippen LogP contribution in [0, 0.1) is 0 Å². The van der Waals surface area contributed by atoms with Crippen molar-refractivity contribution in [3.63, 3.8) is 0 Å². The molecule has 5 N–H and O–H groups in total. The van der Waals surface area contributed by atoms with Gasteiger partial charge >= 0.3 is 0 Å². The van der Waals surface area contributed by atoms with E-state index in [2.05, 4.69) is 20.3 Å². The number of aliphatic imine (C=N–C) groups is 1. The van der Waals surface area contributed by atoms with Gasteiger partial charge in [0.05, 0.1) is 38.0 Å². The minimum absolute atomic E-state index is 0.0207. The van der Waals surface area contributed by atoms with Crippen molar-refractivity contribution in [1.29, 1.82) is 0 Å². The summed E-state index contributed by atoms with van der Waals surface area (Å²) in [7, 11) is 4.63. The van der Waals surface area contributed by atoms with Crippen LogP contribution in [0.2, 0.25) is 9.62 Å². The van der Waals surface area contributed by atoms with Crippen molar-refractivity contribution >= 4 is 63.5 Å². The lowest BCUT2D eigenvalue weighted by Crippen LogP contribution is -2.15. The van der Waals surface area contributed by atoms with Crippen molar-refractivity contribution < 1.29 is 14.2 Å². The molecule has 0 radical (unpaired) electrons. The minimum Gasteiger partial charge on any atom is -0.493 e. The Labute approximate surface area is 197 Å². The number of nitrogens with zero attached hydrogens (tertiary/aromatic N) is 4. The van der Waals surface area contributed by atoms with Crippen LogP contribution in [-0.4, -0.2) is 42.0 Å². The summed E-state index contributed by atoms with van der Waals surface area (Å²) >= 11 is 13.7. The van der Waals surface area contributed by atoms with Gasteiger partial charge in [0.1, 0.15) is 10.8 Å². The summed E-state index contributed by atoms with van der Waals surface area (Å²) in [4.78, 5) is 17.9. The van der Waals surface area contributed by atoms with Gasteiger partial charge in [0.25, 0.3) is 0 Å². The van der Waals surface area contributed by atoms with Gasteiger partial charge in [-0.2, -0.15) is 9.97 Å². The molecule has 0 bridgehead atoms. The van der Waals surface area contributed by atoms with Gasteiger partial charge < -0.3 is 31.0 Å². The molecule has 32 heavy (non-hydrogen) atoms. The van der Waals surface area contributed by atoms with Crippen molar-refractivity contribution in [3.05, 3.63) is 32.2 Å². The minimum atomic E-state index is -0.361. The standard InChI is InChI=1S/C19H19Cl2N7O3S/c1-29-10-4-7(5-11(30-2)13(10)31-3)8-6-9(14-15(20)26-18(21)32-14)25-17-12(24-8)16(22)27-19(23)28-17/h4-5,9H,6H2,1-3H3,(H5,22,23,25,27,28). The normalized spacial score (nSPS) is 15.3. The van der Waals surface area contributed by atoms with Crippen molar-refractivity contribution in [3.8, 4) is 17.2 Å². The molecule has 0 amide bonds. The van der Waals surface area contributed by atoms with Gasteiger partial charge in [-0.1, -0.05) is 23.2 Å². The molecule has 0 spiro atoms. The average Bonchev–Trinajstić information content (AvgIpc) is 2.98. The van der Waals surface area contributed by atoms with Crippen LogP contribution in [0.25, 0.3) is 0 Å². The van der Waals surface area contributed by atoms with Crippen LogP contribution in [0.15, 0.2) is 17.1 Å². The summed E-state index contributed by atoms with van der Waals surface area (Å²) in [5.74, 6) is 1.98. The molecule has 1 atom stereocenters. The number of methoxy groups -OCH3 is 3. The van der Waals surface area contributed by atoms with Gasteiger partial charge in [-0.05, 0) is 12.1 Å². The molecule has 168 valence electrons. The van der Waals surface area contributed by atoms with Gasteiger partial charge in [-0.15, -0.1) is 11.3 Å². The van der Waals surface area contributed by atoms with E-state index in [9.17, 15) is 0 Å². The number of aromatic nitrogens is 3. The van der Waals surface area contributed by atoms with E-state index < -0.39 is 0 Å². The molecule has 0 saturated carbocycles. The summed E-state index contributed by atoms with van der Waals surface area (Å²) in [6.45, 7) is 0. The van der Waals surface area contributed by atoms with Crippen LogP contribution in [0.3, 0.4) is 0 Å². The Morgan fingerprint density at radius 2 is 1.72 bits per heavy atom. The van der Waals surface area contributed by atoms with E-state index in [1.54, 1.807) is 26.4 Å². The molecule has 0 aliphatic carbocycles. The molecule has 3 heterocycles. The first kappa shape index (κ1) is 22.2. The molecule has 0 fully saturated rings. The Bertz CT molecular complexity index is 1190. The summed E-state index contributed by atoms with van der Waals surface area (Å²) < 4.78 is 16.7. The second kappa shape index (κ2) is 8.85. The van der Waals surface area contributed by atoms with Crippen LogP contribution in [0.1, 0.15) is 22.9 Å². The smallest absolute Gasteiger partial charge is 0.224 e. The number of benzene rings is 1. The Morgan fingerprint density at radius 1 is 1.03 bits per heavy atom. The van der Waals surface area contributed by atoms with E-state index in [1.807, 2.05) is 0 Å². The SMILES string of the molecule is COc1cc(C2=Nc3c(N)nc(N)nc3NC(c3sc(Cl)nc3Cl)C2)cc(OC)c1OC. The molecule has 10 nitrogen and oxygen atoms in total. The summed E-state index contributed by atoms with van der Waals surface area (Å²) in [5.41, 5.74) is 13.7. The highest BCUT2D eigenvalue weighted by Gasteiger charge is 2.28. The van der Waals surface area contributed by atoms with Crippen LogP contribution in [0.4, 0.5) is 23.3 Å². The Kier molecular flexibility index (Phi) is 6.13. The number of anilines is 3. The molecule has 1 aliphatic rings. The maximum atomic E-state index is 6.35. The number of hydrogen-bond acceptors (Lipinski definition) is 11. The van der Waals surface area contributed by atoms with E-state index in [-0.39, 0.29) is 17.8 Å². The summed E-state index contributed by atoms with van der Waals surface area (Å²) in [6.07, 6.45) is 0.395. The maximum absolute atomic E-state index is 6.35. The predicted molar refractivity (Wildman–Crippen MR) is 126 cm³/mol. The van der Waals surface area contributed by atoms with Crippen LogP contribution in [0.5, 0.6) is 17.2 Å². The number of ether oxygens (including phenoxy) is 3. The van der Waals surface area contributed by atoms with Gasteiger partial charge in [-0.25, -0.2) is 9.98 Å². The fraction of sp³-hybridized carbons (Fsp3) is 0.263. The number of thiazole rings is 1. The van der Waals surface area contributed by atoms with E-state index in [0.717, 1.165) is 10.4 Å². The Hall–Kier alpha value is -3.02. The lowest BCUT2D eigenvalue weighted by Gasteiger charge is -2.18. The topological polar surface area (TPSA) is 143 Å². The molecule has 2 aromatic heterocycles. The van der Waals surface area contributed by atoms with Crippen LogP contribution >= 0.6 is 34.5 Å². The summed E-state index contributed by atoms with van der Waals surface area (Å²) in [5, 5.41) is 3.60. The van der Waals surface area contributed by atoms with Crippen molar-refractivity contribution in [2.24, 2.45) is 4.99 Å². The van der Waals surface area contributed by atoms with Gasteiger partial charge in [-0.3, -0.25) is 0 Å². The van der Waals surface area contributed by atoms with Crippen LogP contribution in [-0.2, 0) is 0 Å². The fourth-order valence-electron chi connectivity index (χ4n) is 3.38. The lowest BCUT2D eigenvalue weighted by molar-refractivity contribution is 0.324. The number of hydrogen-bond donors (Lipinski definition) is 3. The number of halogens is 2. The second-order valence-corrected chi connectivity index (χ2v) is 8.63. The zero-order valence-electron chi connectivity index (χ0n) is 17.3. The van der Waals surface area contributed by atoms with Gasteiger partial charge in [0, 0.05) is 12.0 Å². The van der Waals surface area contributed by atoms with E-state index in [0.29, 0.717) is 50.5 Å². The molecule has 1 aliphatic heterocycles. The van der Waals surface area contributed by atoms with Crippen molar-refractivity contribution in [1.82, 2.24) is 15.0 Å². The zero-order valence-corrected chi connectivity index (χ0v) is 19.6. The van der Waals surface area contributed by atoms with Gasteiger partial charge in [0.2, 0.25) is 11.7 Å². The highest BCUT2D eigenvalue weighted by molar-refractivity contribution is 7.16. The zero-order chi connectivity index (χ0) is 23.0. The summed E-state index contributed by atoms with van der Waals surface area (Å²) in [6, 6.07) is 3.25. The number of fused-ring (bicyclic) bond motifs is 1. The third-order valence-electron chi connectivity index (χ3n) is 4.78. The number of nitrogens with one attached hydrogen (secondary N) is 1. The van der Waals surface area contributed by atoms with E-state index in [1.165, 1.54) is 18.4 Å².